The van der Waals surface area contributed by atoms with Crippen molar-refractivity contribution in [1.29, 1.82) is 0 Å². The Morgan fingerprint density at radius 2 is 1.95 bits per heavy atom. The van der Waals surface area contributed by atoms with Crippen LogP contribution in [0.25, 0.3) is 0 Å². The fraction of sp³-hybridized carbons (Fsp3) is 0.600. The molecular weight excluding hydrogens is 240 g/mol. The number of hydrogen-bond acceptors (Lipinski definition) is 4. The van der Waals surface area contributed by atoms with Gasteiger partial charge in [-0.2, -0.15) is 0 Å². The van der Waals surface area contributed by atoms with Gasteiger partial charge in [-0.05, 0) is 26.6 Å². The van der Waals surface area contributed by atoms with Crippen molar-refractivity contribution in [2.75, 3.05) is 40.3 Å². The fourth-order valence-corrected chi connectivity index (χ4v) is 1.71. The number of aliphatic hydroxyl groups is 1. The Morgan fingerprint density at radius 3 is 2.58 bits per heavy atom. The standard InChI is InChI=1S/C15H26N2O2/c1-13(14-7-5-4-6-8-14)19-12-15(18)11-16-9-10-17(2)3/h4-8,13,15-16,18H,9-12H2,1-3H3. The van der Waals surface area contributed by atoms with Gasteiger partial charge in [0, 0.05) is 19.6 Å². The number of ether oxygens (including phenoxy) is 1. The van der Waals surface area contributed by atoms with Crippen molar-refractivity contribution < 1.29 is 9.84 Å². The maximum absolute atomic E-state index is 9.81. The molecule has 0 radical (unpaired) electrons. The summed E-state index contributed by atoms with van der Waals surface area (Å²) in [5.41, 5.74) is 1.13. The Balaban J connectivity index is 2.14. The zero-order valence-corrected chi connectivity index (χ0v) is 12.2. The van der Waals surface area contributed by atoms with Crippen molar-refractivity contribution >= 4 is 0 Å². The van der Waals surface area contributed by atoms with Crippen LogP contribution in [0.5, 0.6) is 0 Å². The van der Waals surface area contributed by atoms with Crippen LogP contribution >= 0.6 is 0 Å². The van der Waals surface area contributed by atoms with Gasteiger partial charge in [0.05, 0.1) is 18.8 Å². The van der Waals surface area contributed by atoms with Crippen molar-refractivity contribution in [3.8, 4) is 0 Å². The molecule has 19 heavy (non-hydrogen) atoms. The van der Waals surface area contributed by atoms with Crippen LogP contribution in [0, 0.1) is 0 Å². The molecule has 108 valence electrons. The van der Waals surface area contributed by atoms with Crippen LogP contribution in [0.2, 0.25) is 0 Å². The molecule has 0 aliphatic heterocycles. The van der Waals surface area contributed by atoms with E-state index in [2.05, 4.69) is 10.2 Å². The third-order valence-corrected chi connectivity index (χ3v) is 2.92. The van der Waals surface area contributed by atoms with E-state index in [-0.39, 0.29) is 6.10 Å². The Kier molecular flexibility index (Phi) is 7.67. The summed E-state index contributed by atoms with van der Waals surface area (Å²) in [7, 11) is 4.06. The third kappa shape index (κ3) is 7.28. The molecule has 0 fully saturated rings. The first-order chi connectivity index (χ1) is 9.09. The monoisotopic (exact) mass is 266 g/mol. The SMILES string of the molecule is CC(OCC(O)CNCCN(C)C)c1ccccc1. The first kappa shape index (κ1) is 16.1. The molecule has 0 amide bonds. The lowest BCUT2D eigenvalue weighted by Gasteiger charge is -2.17. The van der Waals surface area contributed by atoms with Crippen molar-refractivity contribution in [1.82, 2.24) is 10.2 Å². The number of nitrogens with one attached hydrogen (secondary N) is 1. The van der Waals surface area contributed by atoms with Crippen LogP contribution in [0.1, 0.15) is 18.6 Å². The number of rotatable bonds is 9. The van der Waals surface area contributed by atoms with Gasteiger partial charge in [-0.1, -0.05) is 30.3 Å². The molecule has 1 aromatic rings. The minimum Gasteiger partial charge on any atom is -0.389 e. The van der Waals surface area contributed by atoms with Gasteiger partial charge in [-0.3, -0.25) is 0 Å². The number of hydrogen-bond donors (Lipinski definition) is 2. The summed E-state index contributed by atoms with van der Waals surface area (Å²) < 4.78 is 5.67. The second-order valence-electron chi connectivity index (χ2n) is 5.05. The molecule has 0 spiro atoms. The van der Waals surface area contributed by atoms with Gasteiger partial charge in [-0.25, -0.2) is 0 Å². The number of aliphatic hydroxyl groups excluding tert-OH is 1. The van der Waals surface area contributed by atoms with Crippen LogP contribution in [0.15, 0.2) is 30.3 Å². The normalized spacial score (nSPS) is 14.6. The fourth-order valence-electron chi connectivity index (χ4n) is 1.71. The first-order valence-corrected chi connectivity index (χ1v) is 6.79. The Morgan fingerprint density at radius 1 is 1.26 bits per heavy atom. The van der Waals surface area contributed by atoms with Gasteiger partial charge in [0.15, 0.2) is 0 Å². The molecule has 0 aromatic heterocycles. The van der Waals surface area contributed by atoms with E-state index < -0.39 is 6.10 Å². The molecule has 0 saturated carbocycles. The molecule has 0 saturated heterocycles. The van der Waals surface area contributed by atoms with Crippen molar-refractivity contribution in [2.24, 2.45) is 0 Å². The van der Waals surface area contributed by atoms with Gasteiger partial charge in [0.2, 0.25) is 0 Å². The van der Waals surface area contributed by atoms with Crippen LogP contribution in [-0.2, 0) is 4.74 Å². The van der Waals surface area contributed by atoms with E-state index in [1.807, 2.05) is 51.4 Å². The third-order valence-electron chi connectivity index (χ3n) is 2.92. The van der Waals surface area contributed by atoms with Gasteiger partial charge < -0.3 is 20.1 Å². The van der Waals surface area contributed by atoms with E-state index in [1.165, 1.54) is 0 Å². The van der Waals surface area contributed by atoms with Gasteiger partial charge in [0.1, 0.15) is 0 Å². The maximum atomic E-state index is 9.81. The Hall–Kier alpha value is -0.940. The van der Waals surface area contributed by atoms with Gasteiger partial charge >= 0.3 is 0 Å². The van der Waals surface area contributed by atoms with E-state index in [4.69, 9.17) is 4.74 Å². The molecular formula is C15H26N2O2. The molecule has 4 heteroatoms. The van der Waals surface area contributed by atoms with Crippen LogP contribution in [0.4, 0.5) is 0 Å². The van der Waals surface area contributed by atoms with Crippen molar-refractivity contribution in [3.63, 3.8) is 0 Å². The molecule has 0 bridgehead atoms. The van der Waals surface area contributed by atoms with E-state index >= 15 is 0 Å². The zero-order valence-electron chi connectivity index (χ0n) is 12.2. The van der Waals surface area contributed by atoms with Crippen molar-refractivity contribution in [2.45, 2.75) is 19.1 Å². The van der Waals surface area contributed by atoms with Crippen LogP contribution < -0.4 is 5.32 Å². The summed E-state index contributed by atoms with van der Waals surface area (Å²) in [6.07, 6.45) is -0.453. The largest absolute Gasteiger partial charge is 0.389 e. The van der Waals surface area contributed by atoms with Crippen LogP contribution in [0.3, 0.4) is 0 Å². The first-order valence-electron chi connectivity index (χ1n) is 6.79. The molecule has 0 heterocycles. The summed E-state index contributed by atoms with van der Waals surface area (Å²) >= 11 is 0. The summed E-state index contributed by atoms with van der Waals surface area (Å²) in [5.74, 6) is 0. The second-order valence-corrected chi connectivity index (χ2v) is 5.05. The number of nitrogens with zero attached hydrogens (tertiary/aromatic N) is 1. The predicted octanol–water partition coefficient (Wildman–Crippen LogP) is 1.28. The lowest BCUT2D eigenvalue weighted by molar-refractivity contribution is -0.00203. The lowest BCUT2D eigenvalue weighted by atomic mass is 10.1. The Labute approximate surface area is 116 Å². The molecule has 2 unspecified atom stereocenters. The number of likely N-dealkylation sites (N-methyl/N-ethyl adjacent to an activating group) is 1. The van der Waals surface area contributed by atoms with E-state index in [9.17, 15) is 5.11 Å². The predicted molar refractivity (Wildman–Crippen MR) is 78.2 cm³/mol. The lowest BCUT2D eigenvalue weighted by Crippen LogP contribution is -2.34. The summed E-state index contributed by atoms with van der Waals surface area (Å²) in [6.45, 7) is 4.76. The second kappa shape index (κ2) is 9.04. The maximum Gasteiger partial charge on any atom is 0.0897 e. The minimum atomic E-state index is -0.465. The molecule has 0 aliphatic carbocycles. The summed E-state index contributed by atoms with van der Waals surface area (Å²) in [5, 5.41) is 13.0. The van der Waals surface area contributed by atoms with Gasteiger partial charge in [-0.15, -0.1) is 0 Å². The molecule has 1 rings (SSSR count). The van der Waals surface area contributed by atoms with Gasteiger partial charge in [0.25, 0.3) is 0 Å². The molecule has 1 aromatic carbocycles. The molecule has 2 N–H and O–H groups in total. The van der Waals surface area contributed by atoms with Crippen molar-refractivity contribution in [3.05, 3.63) is 35.9 Å². The average molecular weight is 266 g/mol. The quantitative estimate of drug-likeness (QED) is 0.661. The summed E-state index contributed by atoms with van der Waals surface area (Å²) in [6, 6.07) is 10.0. The minimum absolute atomic E-state index is 0.0117. The zero-order chi connectivity index (χ0) is 14.1. The highest BCUT2D eigenvalue weighted by atomic mass is 16.5. The van der Waals surface area contributed by atoms with E-state index in [0.717, 1.165) is 18.7 Å². The number of benzene rings is 1. The Bertz CT molecular complexity index is 330. The molecule has 2 atom stereocenters. The molecule has 0 aliphatic rings. The highest BCUT2D eigenvalue weighted by Gasteiger charge is 2.09. The van der Waals surface area contributed by atoms with E-state index in [1.54, 1.807) is 0 Å². The topological polar surface area (TPSA) is 44.7 Å². The highest BCUT2D eigenvalue weighted by molar-refractivity contribution is 5.16. The molecule has 4 nitrogen and oxygen atoms in total. The van der Waals surface area contributed by atoms with E-state index in [0.29, 0.717) is 13.2 Å². The van der Waals surface area contributed by atoms with Crippen LogP contribution in [-0.4, -0.2) is 56.4 Å². The summed E-state index contributed by atoms with van der Waals surface area (Å²) in [4.78, 5) is 2.10. The average Bonchev–Trinajstić information content (AvgIpc) is 2.41. The smallest absolute Gasteiger partial charge is 0.0897 e. The highest BCUT2D eigenvalue weighted by Crippen LogP contribution is 2.15.